The average Bonchev–Trinajstić information content (AvgIpc) is 2.85. The fourth-order valence-corrected chi connectivity index (χ4v) is 4.15. The van der Waals surface area contributed by atoms with Crippen LogP contribution in [-0.4, -0.2) is 74.7 Å². The summed E-state index contributed by atoms with van der Waals surface area (Å²) in [6, 6.07) is 16.5. The summed E-state index contributed by atoms with van der Waals surface area (Å²) < 4.78 is 11.0. The maximum absolute atomic E-state index is 13.2. The van der Waals surface area contributed by atoms with Crippen molar-refractivity contribution in [3.8, 4) is 11.5 Å². The molecule has 0 spiro atoms. The maximum atomic E-state index is 13.2. The molecule has 2 amide bonds. The molecular weight excluding hydrogens is 426 g/mol. The van der Waals surface area contributed by atoms with Crippen molar-refractivity contribution >= 4 is 29.3 Å². The second-order valence-corrected chi connectivity index (χ2v) is 8.47. The predicted octanol–water partition coefficient (Wildman–Crippen LogP) is 2.66. The van der Waals surface area contributed by atoms with E-state index < -0.39 is 6.04 Å². The summed E-state index contributed by atoms with van der Waals surface area (Å²) in [6.45, 7) is 2.51. The minimum absolute atomic E-state index is 0.0354. The lowest BCUT2D eigenvalue weighted by atomic mass is 10.1. The van der Waals surface area contributed by atoms with Crippen molar-refractivity contribution in [2.75, 3.05) is 56.8 Å². The third kappa shape index (κ3) is 6.56. The number of ether oxygens (including phenoxy) is 2. The highest BCUT2D eigenvalue weighted by atomic mass is 32.2. The molecule has 0 aliphatic carbocycles. The summed E-state index contributed by atoms with van der Waals surface area (Å²) in [4.78, 5) is 29.7. The van der Waals surface area contributed by atoms with Crippen LogP contribution in [0.25, 0.3) is 0 Å². The number of para-hydroxylation sites is 3. The monoisotopic (exact) mass is 457 g/mol. The van der Waals surface area contributed by atoms with Crippen LogP contribution in [0.3, 0.4) is 0 Å². The van der Waals surface area contributed by atoms with Gasteiger partial charge in [-0.3, -0.25) is 9.59 Å². The van der Waals surface area contributed by atoms with Crippen LogP contribution in [0.5, 0.6) is 11.5 Å². The fourth-order valence-electron chi connectivity index (χ4n) is 3.67. The molecule has 172 valence electrons. The average molecular weight is 458 g/mol. The fraction of sp³-hybridized carbons (Fsp3) is 0.417. The number of carbonyl (C=O) groups excluding carboxylic acids is 2. The number of benzene rings is 2. The molecule has 8 heteroatoms. The molecule has 32 heavy (non-hydrogen) atoms. The largest absolute Gasteiger partial charge is 0.495 e. The van der Waals surface area contributed by atoms with Crippen LogP contribution in [0.15, 0.2) is 54.6 Å². The Morgan fingerprint density at radius 3 is 2.41 bits per heavy atom. The molecule has 1 heterocycles. The number of hydrogen-bond acceptors (Lipinski definition) is 6. The number of nitrogens with one attached hydrogen (secondary N) is 1. The predicted molar refractivity (Wildman–Crippen MR) is 129 cm³/mol. The van der Waals surface area contributed by atoms with E-state index >= 15 is 0 Å². The van der Waals surface area contributed by atoms with E-state index in [0.717, 1.165) is 17.2 Å². The van der Waals surface area contributed by atoms with Gasteiger partial charge in [0.15, 0.2) is 6.61 Å². The van der Waals surface area contributed by atoms with Crippen LogP contribution in [-0.2, 0) is 9.59 Å². The van der Waals surface area contributed by atoms with E-state index in [1.807, 2.05) is 53.6 Å². The van der Waals surface area contributed by atoms with Gasteiger partial charge in [0.05, 0.1) is 12.8 Å². The molecule has 1 N–H and O–H groups in total. The van der Waals surface area contributed by atoms with Gasteiger partial charge in [0, 0.05) is 26.2 Å². The number of methoxy groups -OCH3 is 1. The molecule has 1 aliphatic heterocycles. The minimum Gasteiger partial charge on any atom is -0.495 e. The molecule has 2 aromatic carbocycles. The van der Waals surface area contributed by atoms with E-state index in [1.54, 1.807) is 31.0 Å². The Balaban J connectivity index is 1.55. The molecule has 2 aromatic rings. The van der Waals surface area contributed by atoms with Gasteiger partial charge in [0.2, 0.25) is 5.91 Å². The highest BCUT2D eigenvalue weighted by Crippen LogP contribution is 2.28. The molecule has 0 bridgehead atoms. The Bertz CT molecular complexity index is 873. The van der Waals surface area contributed by atoms with Crippen LogP contribution in [0.1, 0.15) is 6.42 Å². The highest BCUT2D eigenvalue weighted by Gasteiger charge is 2.29. The molecule has 1 unspecified atom stereocenters. The summed E-state index contributed by atoms with van der Waals surface area (Å²) in [7, 11) is 1.67. The van der Waals surface area contributed by atoms with Gasteiger partial charge in [-0.2, -0.15) is 11.8 Å². The minimum atomic E-state index is -0.549. The third-order valence-corrected chi connectivity index (χ3v) is 6.02. The van der Waals surface area contributed by atoms with Crippen molar-refractivity contribution in [1.29, 1.82) is 0 Å². The first-order valence-corrected chi connectivity index (χ1v) is 12.1. The van der Waals surface area contributed by atoms with Gasteiger partial charge in [-0.15, -0.1) is 0 Å². The lowest BCUT2D eigenvalue weighted by Crippen LogP contribution is -2.55. The van der Waals surface area contributed by atoms with Crippen molar-refractivity contribution < 1.29 is 19.1 Å². The molecule has 0 saturated carbocycles. The van der Waals surface area contributed by atoms with Crippen LogP contribution >= 0.6 is 11.8 Å². The number of anilines is 1. The Labute approximate surface area is 194 Å². The second-order valence-electron chi connectivity index (χ2n) is 7.49. The Morgan fingerprint density at radius 1 is 1.03 bits per heavy atom. The van der Waals surface area contributed by atoms with E-state index in [9.17, 15) is 9.59 Å². The van der Waals surface area contributed by atoms with E-state index in [-0.39, 0.29) is 18.4 Å². The van der Waals surface area contributed by atoms with Gasteiger partial charge in [-0.05, 0) is 42.7 Å². The number of nitrogens with zero attached hydrogens (tertiary/aromatic N) is 2. The summed E-state index contributed by atoms with van der Waals surface area (Å²) in [5, 5.41) is 2.88. The molecule has 7 nitrogen and oxygen atoms in total. The number of amides is 2. The van der Waals surface area contributed by atoms with Crippen LogP contribution < -0.4 is 19.7 Å². The third-order valence-electron chi connectivity index (χ3n) is 5.37. The summed E-state index contributed by atoms with van der Waals surface area (Å²) in [5.74, 6) is 1.92. The van der Waals surface area contributed by atoms with E-state index in [2.05, 4.69) is 10.2 Å². The zero-order chi connectivity index (χ0) is 22.8. The quantitative estimate of drug-likeness (QED) is 0.592. The number of thioether (sulfide) groups is 1. The van der Waals surface area contributed by atoms with E-state index in [1.165, 1.54) is 0 Å². The van der Waals surface area contributed by atoms with Crippen LogP contribution in [0, 0.1) is 0 Å². The van der Waals surface area contributed by atoms with Crippen LogP contribution in [0.2, 0.25) is 0 Å². The first-order valence-electron chi connectivity index (χ1n) is 10.7. The first kappa shape index (κ1) is 23.8. The van der Waals surface area contributed by atoms with Crippen molar-refractivity contribution in [1.82, 2.24) is 10.2 Å². The zero-order valence-electron chi connectivity index (χ0n) is 18.7. The van der Waals surface area contributed by atoms with E-state index in [4.69, 9.17) is 9.47 Å². The zero-order valence-corrected chi connectivity index (χ0v) is 19.5. The Morgan fingerprint density at radius 2 is 1.72 bits per heavy atom. The smallest absolute Gasteiger partial charge is 0.258 e. The normalized spacial score (nSPS) is 14.6. The highest BCUT2D eigenvalue weighted by molar-refractivity contribution is 7.98. The number of carbonyl (C=O) groups is 2. The molecule has 1 atom stereocenters. The van der Waals surface area contributed by atoms with Gasteiger partial charge in [0.1, 0.15) is 17.5 Å². The first-order chi connectivity index (χ1) is 15.6. The molecular formula is C24H31N3O4S. The summed E-state index contributed by atoms with van der Waals surface area (Å²) in [5.41, 5.74) is 1.03. The molecule has 0 radical (unpaired) electrons. The lowest BCUT2D eigenvalue weighted by molar-refractivity contribution is -0.137. The number of rotatable bonds is 10. The van der Waals surface area contributed by atoms with Crippen LogP contribution in [0.4, 0.5) is 5.69 Å². The SMILES string of the molecule is COc1ccccc1N1CCN(C(=O)C(CCSC)NC(=O)COc2ccccc2)CC1. The standard InChI is InChI=1S/C24H31N3O4S/c1-30-22-11-7-6-10-21(22)26-13-15-27(16-14-26)24(29)20(12-17-32-2)25-23(28)18-31-19-8-4-3-5-9-19/h3-11,20H,12-18H2,1-2H3,(H,25,28). The van der Waals surface area contributed by atoms with Gasteiger partial charge in [0.25, 0.3) is 5.91 Å². The summed E-state index contributed by atoms with van der Waals surface area (Å²) in [6.07, 6.45) is 2.58. The summed E-state index contributed by atoms with van der Waals surface area (Å²) >= 11 is 1.66. The van der Waals surface area contributed by atoms with Crippen molar-refractivity contribution in [3.63, 3.8) is 0 Å². The van der Waals surface area contributed by atoms with Gasteiger partial charge >= 0.3 is 0 Å². The van der Waals surface area contributed by atoms with E-state index in [0.29, 0.717) is 38.3 Å². The van der Waals surface area contributed by atoms with Crippen molar-refractivity contribution in [2.45, 2.75) is 12.5 Å². The molecule has 0 aromatic heterocycles. The lowest BCUT2D eigenvalue weighted by Gasteiger charge is -2.38. The Kier molecular flexibility index (Phi) is 9.10. The molecule has 3 rings (SSSR count). The van der Waals surface area contributed by atoms with Gasteiger partial charge in [-0.1, -0.05) is 30.3 Å². The second kappa shape index (κ2) is 12.2. The molecule has 1 saturated heterocycles. The van der Waals surface area contributed by atoms with Crippen molar-refractivity contribution in [2.24, 2.45) is 0 Å². The van der Waals surface area contributed by atoms with Crippen molar-refractivity contribution in [3.05, 3.63) is 54.6 Å². The van der Waals surface area contributed by atoms with Gasteiger partial charge < -0.3 is 24.6 Å². The van der Waals surface area contributed by atoms with Gasteiger partial charge in [-0.25, -0.2) is 0 Å². The number of hydrogen-bond donors (Lipinski definition) is 1. The maximum Gasteiger partial charge on any atom is 0.258 e. The Hall–Kier alpha value is -2.87. The molecule has 1 fully saturated rings. The molecule has 1 aliphatic rings. The number of piperazine rings is 1. The topological polar surface area (TPSA) is 71.1 Å².